The van der Waals surface area contributed by atoms with Crippen LogP contribution < -0.4 is 5.56 Å². The molecule has 2 aromatic rings. The summed E-state index contributed by atoms with van der Waals surface area (Å²) in [4.78, 5) is 19.5. The molecule has 0 aliphatic rings. The van der Waals surface area contributed by atoms with Gasteiger partial charge in [-0.15, -0.1) is 0 Å². The number of nitrogens with one attached hydrogen (secondary N) is 1. The van der Waals surface area contributed by atoms with Gasteiger partial charge in [0, 0.05) is 16.5 Å². The minimum atomic E-state index is -0.238. The number of benzene rings is 1. The van der Waals surface area contributed by atoms with Crippen LogP contribution in [0.4, 0.5) is 0 Å². The van der Waals surface area contributed by atoms with Crippen LogP contribution in [0.3, 0.4) is 0 Å². The molecule has 20 heavy (non-hydrogen) atoms. The molecule has 0 bridgehead atoms. The van der Waals surface area contributed by atoms with Crippen LogP contribution in [0.1, 0.15) is 32.2 Å². The Morgan fingerprint density at radius 1 is 1.15 bits per heavy atom. The predicted molar refractivity (Wildman–Crippen MR) is 83.8 cm³/mol. The highest BCUT2D eigenvalue weighted by molar-refractivity contribution is 6.42. The highest BCUT2D eigenvalue weighted by atomic mass is 35.5. The van der Waals surface area contributed by atoms with Crippen LogP contribution in [0.15, 0.2) is 23.0 Å². The zero-order chi connectivity index (χ0) is 15.1. The number of hydrogen-bond acceptors (Lipinski definition) is 2. The van der Waals surface area contributed by atoms with Crippen molar-refractivity contribution in [3.05, 3.63) is 50.0 Å². The van der Waals surface area contributed by atoms with Gasteiger partial charge in [-0.05, 0) is 19.1 Å². The lowest BCUT2D eigenvalue weighted by Crippen LogP contribution is -2.24. The maximum atomic E-state index is 12.1. The van der Waals surface area contributed by atoms with Gasteiger partial charge in [-0.2, -0.15) is 0 Å². The van der Waals surface area contributed by atoms with E-state index in [4.69, 9.17) is 23.2 Å². The van der Waals surface area contributed by atoms with Crippen molar-refractivity contribution in [3.63, 3.8) is 0 Å². The summed E-state index contributed by atoms with van der Waals surface area (Å²) in [6.45, 7) is 7.74. The van der Waals surface area contributed by atoms with Crippen LogP contribution in [0.25, 0.3) is 11.3 Å². The number of rotatable bonds is 1. The van der Waals surface area contributed by atoms with E-state index in [1.54, 1.807) is 19.1 Å². The predicted octanol–water partition coefficient (Wildman–Crippen LogP) is 4.35. The van der Waals surface area contributed by atoms with E-state index < -0.39 is 0 Å². The maximum Gasteiger partial charge on any atom is 0.254 e. The lowest BCUT2D eigenvalue weighted by Gasteiger charge is -2.18. The zero-order valence-corrected chi connectivity index (χ0v) is 13.4. The Balaban J connectivity index is 2.70. The van der Waals surface area contributed by atoms with Crippen LogP contribution in [0, 0.1) is 6.92 Å². The third-order valence-corrected chi connectivity index (χ3v) is 3.79. The minimum Gasteiger partial charge on any atom is -0.310 e. The van der Waals surface area contributed by atoms with Crippen molar-refractivity contribution < 1.29 is 0 Å². The molecule has 106 valence electrons. The summed E-state index contributed by atoms with van der Waals surface area (Å²) in [7, 11) is 0. The van der Waals surface area contributed by atoms with Gasteiger partial charge in [-0.25, -0.2) is 4.98 Å². The third kappa shape index (κ3) is 2.89. The molecule has 1 aromatic carbocycles. The molecule has 0 spiro atoms. The minimum absolute atomic E-state index is 0.133. The van der Waals surface area contributed by atoms with Crippen LogP contribution in [0.5, 0.6) is 0 Å². The van der Waals surface area contributed by atoms with E-state index in [9.17, 15) is 4.79 Å². The SMILES string of the molecule is Cc1c(-c2ccc(Cl)c(Cl)c2)nc(C(C)(C)C)[nH]c1=O. The number of aromatic nitrogens is 2. The van der Waals surface area contributed by atoms with Gasteiger partial charge in [0.1, 0.15) is 5.82 Å². The molecule has 0 saturated carbocycles. The van der Waals surface area contributed by atoms with E-state index in [1.165, 1.54) is 0 Å². The summed E-state index contributed by atoms with van der Waals surface area (Å²) in [6, 6.07) is 5.25. The normalized spacial score (nSPS) is 11.7. The van der Waals surface area contributed by atoms with E-state index in [0.29, 0.717) is 27.1 Å². The Bertz CT molecular complexity index is 715. The van der Waals surface area contributed by atoms with E-state index in [-0.39, 0.29) is 11.0 Å². The molecule has 0 amide bonds. The van der Waals surface area contributed by atoms with Crippen LogP contribution in [-0.4, -0.2) is 9.97 Å². The van der Waals surface area contributed by atoms with Crippen molar-refractivity contribution in [1.29, 1.82) is 0 Å². The summed E-state index contributed by atoms with van der Waals surface area (Å²) in [5.74, 6) is 0.647. The van der Waals surface area contributed by atoms with Gasteiger partial charge in [-0.1, -0.05) is 50.0 Å². The highest BCUT2D eigenvalue weighted by Gasteiger charge is 2.20. The molecule has 3 nitrogen and oxygen atoms in total. The molecule has 5 heteroatoms. The molecule has 1 heterocycles. The summed E-state index contributed by atoms with van der Waals surface area (Å²) in [5.41, 5.74) is 1.62. The van der Waals surface area contributed by atoms with Crippen molar-refractivity contribution in [2.24, 2.45) is 0 Å². The fourth-order valence-electron chi connectivity index (χ4n) is 1.81. The number of aromatic amines is 1. The molecule has 0 unspecified atom stereocenters. The summed E-state index contributed by atoms with van der Waals surface area (Å²) >= 11 is 12.0. The number of nitrogens with zero attached hydrogens (tertiary/aromatic N) is 1. The van der Waals surface area contributed by atoms with Gasteiger partial charge >= 0.3 is 0 Å². The second-order valence-corrected chi connectivity index (χ2v) is 6.58. The van der Waals surface area contributed by atoms with Crippen molar-refractivity contribution in [1.82, 2.24) is 9.97 Å². The first-order valence-corrected chi connectivity index (χ1v) is 7.02. The third-order valence-electron chi connectivity index (χ3n) is 3.05. The van der Waals surface area contributed by atoms with Crippen LogP contribution in [-0.2, 0) is 5.41 Å². The van der Waals surface area contributed by atoms with E-state index in [0.717, 1.165) is 5.56 Å². The smallest absolute Gasteiger partial charge is 0.254 e. The lowest BCUT2D eigenvalue weighted by molar-refractivity contribution is 0.542. The quantitative estimate of drug-likeness (QED) is 0.851. The largest absolute Gasteiger partial charge is 0.310 e. The Labute approximate surface area is 128 Å². The van der Waals surface area contributed by atoms with Gasteiger partial charge in [0.15, 0.2) is 0 Å². The van der Waals surface area contributed by atoms with Gasteiger partial charge in [-0.3, -0.25) is 4.79 Å². The van der Waals surface area contributed by atoms with E-state index >= 15 is 0 Å². The van der Waals surface area contributed by atoms with E-state index in [1.807, 2.05) is 26.8 Å². The van der Waals surface area contributed by atoms with Crippen LogP contribution >= 0.6 is 23.2 Å². The molecule has 0 fully saturated rings. The van der Waals surface area contributed by atoms with Gasteiger partial charge in [0.2, 0.25) is 0 Å². The Kier molecular flexibility index (Phi) is 3.94. The number of H-pyrrole nitrogens is 1. The van der Waals surface area contributed by atoms with E-state index in [2.05, 4.69) is 9.97 Å². The fourth-order valence-corrected chi connectivity index (χ4v) is 2.11. The summed E-state index contributed by atoms with van der Waals surface area (Å²) in [6.07, 6.45) is 0. The van der Waals surface area contributed by atoms with Crippen molar-refractivity contribution >= 4 is 23.2 Å². The molecule has 0 saturated heterocycles. The first kappa shape index (κ1) is 15.1. The maximum absolute atomic E-state index is 12.1. The highest BCUT2D eigenvalue weighted by Crippen LogP contribution is 2.29. The molecule has 0 atom stereocenters. The zero-order valence-electron chi connectivity index (χ0n) is 11.8. The van der Waals surface area contributed by atoms with Crippen molar-refractivity contribution in [3.8, 4) is 11.3 Å². The second-order valence-electron chi connectivity index (χ2n) is 5.77. The second kappa shape index (κ2) is 5.23. The van der Waals surface area contributed by atoms with Gasteiger partial charge in [0.25, 0.3) is 5.56 Å². The van der Waals surface area contributed by atoms with Crippen molar-refractivity contribution in [2.45, 2.75) is 33.1 Å². The monoisotopic (exact) mass is 310 g/mol. The van der Waals surface area contributed by atoms with Crippen molar-refractivity contribution in [2.75, 3.05) is 0 Å². The molecular formula is C15H16Cl2N2O. The Hall–Kier alpha value is -1.32. The first-order valence-electron chi connectivity index (χ1n) is 6.27. The summed E-state index contributed by atoms with van der Waals surface area (Å²) in [5, 5.41) is 0.928. The van der Waals surface area contributed by atoms with Gasteiger partial charge < -0.3 is 4.98 Å². The first-order chi connectivity index (χ1) is 9.20. The lowest BCUT2D eigenvalue weighted by atomic mass is 9.95. The molecular weight excluding hydrogens is 295 g/mol. The fraction of sp³-hybridized carbons (Fsp3) is 0.333. The molecule has 0 radical (unpaired) electrons. The van der Waals surface area contributed by atoms with Crippen LogP contribution in [0.2, 0.25) is 10.0 Å². The average Bonchev–Trinajstić information content (AvgIpc) is 2.34. The molecule has 2 rings (SSSR count). The number of hydrogen-bond donors (Lipinski definition) is 1. The topological polar surface area (TPSA) is 45.8 Å². The average molecular weight is 311 g/mol. The Morgan fingerprint density at radius 3 is 2.35 bits per heavy atom. The molecule has 1 aromatic heterocycles. The number of halogens is 2. The molecule has 0 aliphatic heterocycles. The summed E-state index contributed by atoms with van der Waals surface area (Å²) < 4.78 is 0. The molecule has 0 aliphatic carbocycles. The Morgan fingerprint density at radius 2 is 1.80 bits per heavy atom. The van der Waals surface area contributed by atoms with Gasteiger partial charge in [0.05, 0.1) is 15.7 Å². The standard InChI is InChI=1S/C15H16Cl2N2O/c1-8-12(9-5-6-10(16)11(17)7-9)18-14(15(2,3)4)19-13(8)20/h5-7H,1-4H3,(H,18,19,20). The molecule has 1 N–H and O–H groups in total.